The van der Waals surface area contributed by atoms with Gasteiger partial charge in [-0.1, -0.05) is 46.0 Å². The van der Waals surface area contributed by atoms with E-state index in [0.717, 1.165) is 18.1 Å². The summed E-state index contributed by atoms with van der Waals surface area (Å²) in [6, 6.07) is 6.46. The van der Waals surface area contributed by atoms with E-state index in [1.807, 2.05) is 26.0 Å². The number of carbonyl (C=O) groups excluding carboxylic acids is 3. The predicted octanol–water partition coefficient (Wildman–Crippen LogP) is 3.69. The van der Waals surface area contributed by atoms with Crippen LogP contribution in [-0.2, 0) is 23.9 Å². The molecule has 0 heterocycles. The molecular formula is C25H38N2O6. The van der Waals surface area contributed by atoms with Crippen LogP contribution in [0.5, 0.6) is 5.75 Å². The fraction of sp³-hybridized carbons (Fsp3) is 0.640. The third-order valence-electron chi connectivity index (χ3n) is 5.65. The number of rotatable bonds is 13. The number of carbonyl (C=O) groups is 3. The van der Waals surface area contributed by atoms with Crippen LogP contribution in [0.2, 0.25) is 0 Å². The fourth-order valence-electron chi connectivity index (χ4n) is 3.95. The number of esters is 1. The highest BCUT2D eigenvalue weighted by Crippen LogP contribution is 2.26. The van der Waals surface area contributed by atoms with Crippen LogP contribution in [-0.4, -0.2) is 50.8 Å². The predicted molar refractivity (Wildman–Crippen MR) is 126 cm³/mol. The molecular weight excluding hydrogens is 424 g/mol. The summed E-state index contributed by atoms with van der Waals surface area (Å²) >= 11 is 0. The number of ether oxygens (including phenoxy) is 3. The van der Waals surface area contributed by atoms with Gasteiger partial charge in [0.2, 0.25) is 11.8 Å². The molecule has 1 unspecified atom stereocenters. The van der Waals surface area contributed by atoms with Crippen molar-refractivity contribution in [1.29, 1.82) is 0 Å². The van der Waals surface area contributed by atoms with Crippen molar-refractivity contribution in [3.05, 3.63) is 24.3 Å². The van der Waals surface area contributed by atoms with Gasteiger partial charge in [-0.3, -0.25) is 9.59 Å². The summed E-state index contributed by atoms with van der Waals surface area (Å²) in [4.78, 5) is 35.9. The third-order valence-corrected chi connectivity index (χ3v) is 5.65. The quantitative estimate of drug-likeness (QED) is 0.434. The largest absolute Gasteiger partial charge is 0.494 e. The van der Waals surface area contributed by atoms with Crippen molar-refractivity contribution in [2.75, 3.05) is 32.2 Å². The highest BCUT2D eigenvalue weighted by molar-refractivity contribution is 5.92. The van der Waals surface area contributed by atoms with Crippen molar-refractivity contribution in [3.63, 3.8) is 0 Å². The van der Waals surface area contributed by atoms with Gasteiger partial charge in [-0.2, -0.15) is 0 Å². The van der Waals surface area contributed by atoms with E-state index in [4.69, 9.17) is 14.2 Å². The van der Waals surface area contributed by atoms with Crippen LogP contribution in [0.3, 0.4) is 0 Å². The average molecular weight is 463 g/mol. The Hall–Kier alpha value is -2.61. The monoisotopic (exact) mass is 462 g/mol. The highest BCUT2D eigenvalue weighted by Gasteiger charge is 2.22. The Morgan fingerprint density at radius 2 is 1.67 bits per heavy atom. The molecule has 1 aromatic rings. The van der Waals surface area contributed by atoms with Gasteiger partial charge < -0.3 is 24.8 Å². The fourth-order valence-corrected chi connectivity index (χ4v) is 3.95. The summed E-state index contributed by atoms with van der Waals surface area (Å²) < 4.78 is 15.7. The SMILES string of the molecule is COC(=O)C(CC(C)C)NC(=O)COCC(=O)Nc1ccc(OCCC2CCCCC2)cc1. The van der Waals surface area contributed by atoms with Crippen LogP contribution in [0.25, 0.3) is 0 Å². The first kappa shape index (κ1) is 26.6. The lowest BCUT2D eigenvalue weighted by atomic mass is 9.87. The van der Waals surface area contributed by atoms with Gasteiger partial charge in [0.15, 0.2) is 0 Å². The van der Waals surface area contributed by atoms with Crippen molar-refractivity contribution in [3.8, 4) is 5.75 Å². The van der Waals surface area contributed by atoms with Gasteiger partial charge in [0.1, 0.15) is 25.0 Å². The Morgan fingerprint density at radius 1 is 1.00 bits per heavy atom. The molecule has 33 heavy (non-hydrogen) atoms. The van der Waals surface area contributed by atoms with Crippen LogP contribution in [0.15, 0.2) is 24.3 Å². The molecule has 184 valence electrons. The van der Waals surface area contributed by atoms with E-state index in [-0.39, 0.29) is 25.0 Å². The Bertz CT molecular complexity index is 744. The van der Waals surface area contributed by atoms with Crippen molar-refractivity contribution in [2.24, 2.45) is 11.8 Å². The molecule has 0 bridgehead atoms. The molecule has 1 atom stereocenters. The van der Waals surface area contributed by atoms with Crippen LogP contribution in [0, 0.1) is 11.8 Å². The highest BCUT2D eigenvalue weighted by atomic mass is 16.5. The maximum Gasteiger partial charge on any atom is 0.328 e. The normalized spacial score (nSPS) is 15.0. The number of anilines is 1. The Labute approximate surface area is 196 Å². The average Bonchev–Trinajstić information content (AvgIpc) is 2.79. The van der Waals surface area contributed by atoms with Crippen molar-refractivity contribution in [1.82, 2.24) is 5.32 Å². The summed E-state index contributed by atoms with van der Waals surface area (Å²) in [5.41, 5.74) is 0.621. The van der Waals surface area contributed by atoms with E-state index < -0.39 is 17.9 Å². The number of nitrogens with one attached hydrogen (secondary N) is 2. The van der Waals surface area contributed by atoms with Gasteiger partial charge in [-0.15, -0.1) is 0 Å². The van der Waals surface area contributed by atoms with E-state index in [9.17, 15) is 14.4 Å². The van der Waals surface area contributed by atoms with E-state index in [1.165, 1.54) is 39.2 Å². The molecule has 8 nitrogen and oxygen atoms in total. The van der Waals surface area contributed by atoms with Crippen LogP contribution in [0.4, 0.5) is 5.69 Å². The minimum atomic E-state index is -0.733. The maximum absolute atomic E-state index is 12.1. The van der Waals surface area contributed by atoms with Crippen LogP contribution >= 0.6 is 0 Å². The van der Waals surface area contributed by atoms with Gasteiger partial charge in [-0.25, -0.2) is 4.79 Å². The molecule has 1 aromatic carbocycles. The van der Waals surface area contributed by atoms with Crippen molar-refractivity contribution >= 4 is 23.5 Å². The molecule has 1 aliphatic rings. The Kier molecular flexibility index (Phi) is 11.7. The zero-order valence-corrected chi connectivity index (χ0v) is 20.1. The number of hydrogen-bond donors (Lipinski definition) is 2. The first-order valence-corrected chi connectivity index (χ1v) is 11.8. The number of benzene rings is 1. The van der Waals surface area contributed by atoms with E-state index in [2.05, 4.69) is 10.6 Å². The summed E-state index contributed by atoms with van der Waals surface area (Å²) in [7, 11) is 1.28. The van der Waals surface area contributed by atoms with Crippen LogP contribution in [0.1, 0.15) is 58.8 Å². The van der Waals surface area contributed by atoms with Crippen molar-refractivity contribution in [2.45, 2.75) is 64.8 Å². The first-order valence-electron chi connectivity index (χ1n) is 11.8. The molecule has 1 aliphatic carbocycles. The molecule has 2 amide bonds. The second-order valence-electron chi connectivity index (χ2n) is 8.98. The third kappa shape index (κ3) is 10.7. The summed E-state index contributed by atoms with van der Waals surface area (Å²) in [5.74, 6) is 0.402. The lowest BCUT2D eigenvalue weighted by Gasteiger charge is -2.21. The number of hydrogen-bond acceptors (Lipinski definition) is 6. The lowest BCUT2D eigenvalue weighted by Crippen LogP contribution is -2.44. The standard InChI is InChI=1S/C25H38N2O6/c1-18(2)15-22(25(30)31-3)27-24(29)17-32-16-23(28)26-20-9-11-21(12-10-20)33-14-13-19-7-5-4-6-8-19/h9-12,18-19,22H,4-8,13-17H2,1-3H3,(H,26,28)(H,27,29). The van der Waals surface area contributed by atoms with E-state index in [1.54, 1.807) is 12.1 Å². The van der Waals surface area contributed by atoms with Gasteiger partial charge >= 0.3 is 5.97 Å². The summed E-state index contributed by atoms with van der Waals surface area (Å²) in [6.07, 6.45) is 8.18. The molecule has 0 saturated heterocycles. The molecule has 0 aliphatic heterocycles. The molecule has 8 heteroatoms. The van der Waals surface area contributed by atoms with E-state index >= 15 is 0 Å². The van der Waals surface area contributed by atoms with Crippen molar-refractivity contribution < 1.29 is 28.6 Å². The van der Waals surface area contributed by atoms with Gasteiger partial charge in [0, 0.05) is 5.69 Å². The smallest absolute Gasteiger partial charge is 0.328 e. The summed E-state index contributed by atoms with van der Waals surface area (Å²) in [5, 5.41) is 5.30. The molecule has 0 radical (unpaired) electrons. The molecule has 0 spiro atoms. The number of amides is 2. The molecule has 2 rings (SSSR count). The Balaban J connectivity index is 1.65. The molecule has 1 fully saturated rings. The Morgan fingerprint density at radius 3 is 2.30 bits per heavy atom. The second kappa shape index (κ2) is 14.5. The zero-order chi connectivity index (χ0) is 24.1. The van der Waals surface area contributed by atoms with Crippen LogP contribution < -0.4 is 15.4 Å². The summed E-state index contributed by atoms with van der Waals surface area (Å²) in [6.45, 7) is 3.99. The lowest BCUT2D eigenvalue weighted by molar-refractivity contribution is -0.146. The first-order chi connectivity index (χ1) is 15.9. The molecule has 2 N–H and O–H groups in total. The molecule has 1 saturated carbocycles. The minimum Gasteiger partial charge on any atom is -0.494 e. The zero-order valence-electron chi connectivity index (χ0n) is 20.1. The molecule has 0 aromatic heterocycles. The number of methoxy groups -OCH3 is 1. The second-order valence-corrected chi connectivity index (χ2v) is 8.98. The van der Waals surface area contributed by atoms with Gasteiger partial charge in [0.05, 0.1) is 13.7 Å². The van der Waals surface area contributed by atoms with Gasteiger partial charge in [-0.05, 0) is 48.9 Å². The van der Waals surface area contributed by atoms with Gasteiger partial charge in [0.25, 0.3) is 0 Å². The topological polar surface area (TPSA) is 103 Å². The maximum atomic E-state index is 12.1. The minimum absolute atomic E-state index is 0.203. The van der Waals surface area contributed by atoms with E-state index in [0.29, 0.717) is 18.7 Å².